The van der Waals surface area contributed by atoms with Gasteiger partial charge in [-0.1, -0.05) is 49.7 Å². The van der Waals surface area contributed by atoms with Gasteiger partial charge in [0.15, 0.2) is 5.57 Å². The number of nitrogens with one attached hydrogen (secondary N) is 1. The summed E-state index contributed by atoms with van der Waals surface area (Å²) in [4.78, 5) is 26.4. The molecule has 7 heteroatoms. The monoisotopic (exact) mass is 475 g/mol. The molecule has 0 atom stereocenters. The van der Waals surface area contributed by atoms with E-state index < -0.39 is 5.91 Å². The van der Waals surface area contributed by atoms with E-state index in [1.165, 1.54) is 11.7 Å². The maximum atomic E-state index is 13.6. The number of rotatable bonds is 7. The zero-order chi connectivity index (χ0) is 24.8. The van der Waals surface area contributed by atoms with Crippen LogP contribution in [-0.4, -0.2) is 30.7 Å². The number of amides is 1. The molecule has 0 aliphatic rings. The van der Waals surface area contributed by atoms with Gasteiger partial charge in [-0.05, 0) is 54.7 Å². The van der Waals surface area contributed by atoms with Gasteiger partial charge < -0.3 is 10.1 Å². The van der Waals surface area contributed by atoms with Crippen molar-refractivity contribution in [2.24, 2.45) is 0 Å². The second-order valence-electron chi connectivity index (χ2n) is 8.40. The van der Waals surface area contributed by atoms with E-state index >= 15 is 0 Å². The number of hydrogen-bond donors (Lipinski definition) is 1. The summed E-state index contributed by atoms with van der Waals surface area (Å²) < 4.78 is 7.19. The Hall–Kier alpha value is -3.47. The molecule has 1 amide bonds. The number of methoxy groups -OCH3 is 1. The van der Waals surface area contributed by atoms with Crippen LogP contribution in [0.4, 0.5) is 0 Å². The molecule has 1 heterocycles. The SMILES string of the molecule is COCCNC(=O)/C(C#N)=c1\s/c(=C\c2ccc(C)cc2C)c(=O)n1-c1ccc(C(C)C)cc1. The van der Waals surface area contributed by atoms with E-state index in [0.29, 0.717) is 27.4 Å². The van der Waals surface area contributed by atoms with Crippen molar-refractivity contribution in [3.8, 4) is 11.8 Å². The Kier molecular flexibility index (Phi) is 8.21. The molecule has 0 bridgehead atoms. The van der Waals surface area contributed by atoms with Crippen molar-refractivity contribution in [1.82, 2.24) is 9.88 Å². The summed E-state index contributed by atoms with van der Waals surface area (Å²) in [5.41, 5.74) is 4.47. The summed E-state index contributed by atoms with van der Waals surface area (Å²) in [6.07, 6.45) is 1.82. The molecule has 2 aromatic carbocycles. The lowest BCUT2D eigenvalue weighted by molar-refractivity contribution is -0.115. The van der Waals surface area contributed by atoms with Gasteiger partial charge in [0, 0.05) is 13.7 Å². The number of thiazole rings is 1. The first-order chi connectivity index (χ1) is 16.3. The van der Waals surface area contributed by atoms with Gasteiger partial charge in [0.05, 0.1) is 16.8 Å². The minimum atomic E-state index is -0.536. The van der Waals surface area contributed by atoms with Gasteiger partial charge in [0.25, 0.3) is 11.5 Å². The first-order valence-corrected chi connectivity index (χ1v) is 11.9. The van der Waals surface area contributed by atoms with E-state index in [0.717, 1.165) is 33.6 Å². The third kappa shape index (κ3) is 5.53. The molecule has 34 heavy (non-hydrogen) atoms. The third-order valence-corrected chi connectivity index (χ3v) is 6.59. The molecule has 0 radical (unpaired) electrons. The fraction of sp³-hybridized carbons (Fsp3) is 0.296. The molecular formula is C27H29N3O3S. The van der Waals surface area contributed by atoms with Gasteiger partial charge >= 0.3 is 0 Å². The summed E-state index contributed by atoms with van der Waals surface area (Å²) >= 11 is 1.14. The number of nitrogens with zero attached hydrogens (tertiary/aromatic N) is 2. The molecule has 1 aromatic heterocycles. The van der Waals surface area contributed by atoms with E-state index in [1.807, 2.05) is 62.4 Å². The predicted octanol–water partition coefficient (Wildman–Crippen LogP) is 2.90. The van der Waals surface area contributed by atoms with Crippen LogP contribution < -0.4 is 20.1 Å². The molecule has 176 valence electrons. The Labute approximate surface area is 203 Å². The summed E-state index contributed by atoms with van der Waals surface area (Å²) in [6.45, 7) is 8.79. The Morgan fingerprint density at radius 2 is 1.91 bits per heavy atom. The zero-order valence-electron chi connectivity index (χ0n) is 20.1. The molecule has 1 N–H and O–H groups in total. The minimum Gasteiger partial charge on any atom is -0.383 e. The molecule has 0 fully saturated rings. The van der Waals surface area contributed by atoms with Gasteiger partial charge in [-0.2, -0.15) is 5.26 Å². The van der Waals surface area contributed by atoms with Gasteiger partial charge in [-0.3, -0.25) is 14.2 Å². The minimum absolute atomic E-state index is 0.105. The highest BCUT2D eigenvalue weighted by Gasteiger charge is 2.17. The van der Waals surface area contributed by atoms with Crippen molar-refractivity contribution in [3.63, 3.8) is 0 Å². The first kappa shape index (κ1) is 25.2. The molecule has 6 nitrogen and oxygen atoms in total. The van der Waals surface area contributed by atoms with Crippen molar-refractivity contribution in [2.45, 2.75) is 33.6 Å². The average Bonchev–Trinajstić information content (AvgIpc) is 3.12. The summed E-state index contributed by atoms with van der Waals surface area (Å²) in [5, 5.41) is 12.5. The Bertz CT molecular complexity index is 1410. The topological polar surface area (TPSA) is 84.1 Å². The second kappa shape index (κ2) is 11.1. The lowest BCUT2D eigenvalue weighted by atomic mass is 10.0. The largest absolute Gasteiger partial charge is 0.383 e. The number of benzene rings is 2. The molecule has 0 saturated carbocycles. The van der Waals surface area contributed by atoms with Crippen LogP contribution in [-0.2, 0) is 9.53 Å². The van der Waals surface area contributed by atoms with Crippen LogP contribution in [0.5, 0.6) is 0 Å². The normalized spacial score (nSPS) is 12.6. The molecule has 3 aromatic rings. The standard InChI is InChI=1S/C27H29N3O3S/c1-17(2)20-8-10-22(11-9-20)30-26(32)24(15-21-7-6-18(3)14-19(21)4)34-27(30)23(16-28)25(31)29-12-13-33-5/h6-11,14-15,17H,12-13H2,1-5H3,(H,29,31)/b24-15-,27-23-. The molecule has 0 spiro atoms. The fourth-order valence-corrected chi connectivity index (χ4v) is 4.67. The predicted molar refractivity (Wildman–Crippen MR) is 137 cm³/mol. The van der Waals surface area contributed by atoms with Crippen LogP contribution in [0, 0.1) is 25.2 Å². The Balaban J connectivity index is 2.29. The van der Waals surface area contributed by atoms with E-state index in [9.17, 15) is 14.9 Å². The fourth-order valence-electron chi connectivity index (χ4n) is 3.57. The van der Waals surface area contributed by atoms with Crippen molar-refractivity contribution >= 4 is 28.9 Å². The van der Waals surface area contributed by atoms with Crippen LogP contribution in [0.2, 0.25) is 0 Å². The van der Waals surface area contributed by atoms with E-state index in [2.05, 4.69) is 25.2 Å². The molecule has 3 rings (SSSR count). The summed E-state index contributed by atoms with van der Waals surface area (Å²) in [5.74, 6) is -0.194. The van der Waals surface area contributed by atoms with Crippen molar-refractivity contribution in [3.05, 3.63) is 84.3 Å². The van der Waals surface area contributed by atoms with E-state index in [1.54, 1.807) is 0 Å². The number of carbonyl (C=O) groups excluding carboxylic acids is 1. The average molecular weight is 476 g/mol. The number of ether oxygens (including phenoxy) is 1. The van der Waals surface area contributed by atoms with Crippen LogP contribution >= 0.6 is 11.3 Å². The highest BCUT2D eigenvalue weighted by molar-refractivity contribution is 7.07. The third-order valence-electron chi connectivity index (χ3n) is 5.50. The lowest BCUT2D eigenvalue weighted by Crippen LogP contribution is -2.34. The van der Waals surface area contributed by atoms with Crippen LogP contribution in [0.25, 0.3) is 17.3 Å². The second-order valence-corrected chi connectivity index (χ2v) is 9.43. The van der Waals surface area contributed by atoms with Crippen LogP contribution in [0.3, 0.4) is 0 Å². The number of nitriles is 1. The summed E-state index contributed by atoms with van der Waals surface area (Å²) in [7, 11) is 1.54. The van der Waals surface area contributed by atoms with Gasteiger partial charge in [-0.15, -0.1) is 11.3 Å². The molecule has 0 unspecified atom stereocenters. The van der Waals surface area contributed by atoms with Crippen molar-refractivity contribution in [1.29, 1.82) is 5.26 Å². The quantitative estimate of drug-likeness (QED) is 0.533. The maximum absolute atomic E-state index is 13.6. The van der Waals surface area contributed by atoms with E-state index in [4.69, 9.17) is 4.74 Å². The smallest absolute Gasteiger partial charge is 0.273 e. The molecular weight excluding hydrogens is 446 g/mol. The van der Waals surface area contributed by atoms with Gasteiger partial charge in [0.1, 0.15) is 10.7 Å². The number of hydrogen-bond acceptors (Lipinski definition) is 5. The lowest BCUT2D eigenvalue weighted by Gasteiger charge is -2.08. The molecule has 0 saturated heterocycles. The highest BCUT2D eigenvalue weighted by Crippen LogP contribution is 2.16. The van der Waals surface area contributed by atoms with Crippen molar-refractivity contribution in [2.75, 3.05) is 20.3 Å². The highest BCUT2D eigenvalue weighted by atomic mass is 32.1. The van der Waals surface area contributed by atoms with Gasteiger partial charge in [-0.25, -0.2) is 0 Å². The van der Waals surface area contributed by atoms with Crippen molar-refractivity contribution < 1.29 is 9.53 Å². The Morgan fingerprint density at radius 3 is 2.50 bits per heavy atom. The summed E-state index contributed by atoms with van der Waals surface area (Å²) in [6, 6.07) is 15.7. The number of aromatic nitrogens is 1. The number of carbonyl (C=O) groups is 1. The maximum Gasteiger partial charge on any atom is 0.273 e. The first-order valence-electron chi connectivity index (χ1n) is 11.1. The van der Waals surface area contributed by atoms with Gasteiger partial charge in [0.2, 0.25) is 0 Å². The zero-order valence-corrected chi connectivity index (χ0v) is 21.0. The number of aryl methyl sites for hydroxylation is 2. The van der Waals surface area contributed by atoms with E-state index in [-0.39, 0.29) is 17.7 Å². The Morgan fingerprint density at radius 1 is 1.21 bits per heavy atom. The molecule has 0 aliphatic heterocycles. The van der Waals surface area contributed by atoms with Crippen LogP contribution in [0.15, 0.2) is 47.3 Å². The molecule has 0 aliphatic carbocycles. The van der Waals surface area contributed by atoms with Crippen LogP contribution in [0.1, 0.15) is 42.0 Å².